The summed E-state index contributed by atoms with van der Waals surface area (Å²) in [5, 5.41) is 0. The van der Waals surface area contributed by atoms with E-state index >= 15 is 0 Å². The summed E-state index contributed by atoms with van der Waals surface area (Å²) in [5.74, 6) is 4.20. The third kappa shape index (κ3) is 9.26. The number of unbranched alkanes of at least 4 members (excludes halogenated alkanes) is 1. The quantitative estimate of drug-likeness (QED) is 0.338. The summed E-state index contributed by atoms with van der Waals surface area (Å²) >= 11 is 0. The van der Waals surface area contributed by atoms with E-state index in [-0.39, 0.29) is 13.2 Å². The van der Waals surface area contributed by atoms with Gasteiger partial charge in [-0.2, -0.15) is 0 Å². The Morgan fingerprint density at radius 2 is 2.08 bits per heavy atom. The van der Waals surface area contributed by atoms with E-state index in [0.717, 1.165) is 12.8 Å². The summed E-state index contributed by atoms with van der Waals surface area (Å²) in [5.41, 5.74) is 0. The molecule has 2 N–H and O–H groups in total. The predicted molar refractivity (Wildman–Crippen MR) is 46.8 cm³/mol. The number of carbonyl (C=O) groups excluding carboxylic acids is 1. The van der Waals surface area contributed by atoms with Gasteiger partial charge in [0.15, 0.2) is 6.61 Å². The highest BCUT2D eigenvalue weighted by atomic mass is 16.6. The maximum Gasteiger partial charge on any atom is 0.334 e. The fraction of sp³-hybridized carbons (Fsp3) is 0.875. The molecular weight excluding hydrogens is 174 g/mol. The van der Waals surface area contributed by atoms with E-state index in [1.54, 1.807) is 0 Å². The summed E-state index contributed by atoms with van der Waals surface area (Å²) in [6, 6.07) is 0. The minimum Gasteiger partial charge on any atom is -0.461 e. The van der Waals surface area contributed by atoms with Gasteiger partial charge in [-0.25, -0.2) is 10.7 Å². The summed E-state index contributed by atoms with van der Waals surface area (Å²) < 4.78 is 9.85. The van der Waals surface area contributed by atoms with Crippen LogP contribution < -0.4 is 5.90 Å². The summed E-state index contributed by atoms with van der Waals surface area (Å²) in [6.07, 6.45) is 2.13. The van der Waals surface area contributed by atoms with E-state index in [1.807, 2.05) is 0 Å². The molecule has 0 fully saturated rings. The van der Waals surface area contributed by atoms with Crippen molar-refractivity contribution in [2.24, 2.45) is 5.90 Å². The number of esters is 1. The van der Waals surface area contributed by atoms with Gasteiger partial charge in [0.1, 0.15) is 6.61 Å². The monoisotopic (exact) mass is 191 g/mol. The third-order valence-electron chi connectivity index (χ3n) is 1.33. The average molecular weight is 191 g/mol. The molecule has 0 aromatic carbocycles. The second-order valence-electron chi connectivity index (χ2n) is 2.50. The first-order valence-electron chi connectivity index (χ1n) is 4.36. The van der Waals surface area contributed by atoms with Crippen molar-refractivity contribution in [1.29, 1.82) is 0 Å². The van der Waals surface area contributed by atoms with Crippen molar-refractivity contribution in [2.75, 3.05) is 26.4 Å². The van der Waals surface area contributed by atoms with Crippen molar-refractivity contribution in [1.82, 2.24) is 0 Å². The molecule has 0 bridgehead atoms. The lowest BCUT2D eigenvalue weighted by Gasteiger charge is -2.04. The number of hydrogen-bond acceptors (Lipinski definition) is 5. The van der Waals surface area contributed by atoms with Gasteiger partial charge in [-0.3, -0.25) is 4.84 Å². The SMILES string of the molecule is CCCCOCCOC(=O)CON. The second-order valence-corrected chi connectivity index (χ2v) is 2.50. The third-order valence-corrected chi connectivity index (χ3v) is 1.33. The van der Waals surface area contributed by atoms with Gasteiger partial charge in [0.2, 0.25) is 0 Å². The molecule has 0 aromatic heterocycles. The van der Waals surface area contributed by atoms with E-state index in [2.05, 4.69) is 17.7 Å². The molecule has 78 valence electrons. The maximum absolute atomic E-state index is 10.6. The van der Waals surface area contributed by atoms with Gasteiger partial charge >= 0.3 is 5.97 Å². The van der Waals surface area contributed by atoms with Gasteiger partial charge in [0, 0.05) is 6.61 Å². The van der Waals surface area contributed by atoms with E-state index in [1.165, 1.54) is 0 Å². The fourth-order valence-electron chi connectivity index (χ4n) is 0.673. The lowest BCUT2D eigenvalue weighted by molar-refractivity contribution is -0.150. The Labute approximate surface area is 78.1 Å². The highest BCUT2D eigenvalue weighted by Crippen LogP contribution is 1.88. The Morgan fingerprint density at radius 1 is 1.31 bits per heavy atom. The van der Waals surface area contributed by atoms with Crippen LogP contribution in [0.5, 0.6) is 0 Å². The zero-order chi connectivity index (χ0) is 9.94. The maximum atomic E-state index is 10.6. The molecule has 0 heterocycles. The van der Waals surface area contributed by atoms with E-state index in [9.17, 15) is 4.79 Å². The predicted octanol–water partition coefficient (Wildman–Crippen LogP) is 0.237. The molecule has 0 spiro atoms. The number of hydrogen-bond donors (Lipinski definition) is 1. The Bertz CT molecular complexity index is 129. The van der Waals surface area contributed by atoms with Crippen LogP contribution in [0.15, 0.2) is 0 Å². The van der Waals surface area contributed by atoms with E-state index in [0.29, 0.717) is 13.2 Å². The van der Waals surface area contributed by atoms with Crippen LogP contribution in [0.4, 0.5) is 0 Å². The van der Waals surface area contributed by atoms with Crippen LogP contribution in [0.1, 0.15) is 19.8 Å². The molecule has 13 heavy (non-hydrogen) atoms. The molecule has 0 unspecified atom stereocenters. The van der Waals surface area contributed by atoms with Crippen LogP contribution in [0.2, 0.25) is 0 Å². The largest absolute Gasteiger partial charge is 0.461 e. The normalized spacial score (nSPS) is 10.0. The van der Waals surface area contributed by atoms with Gasteiger partial charge in [-0.1, -0.05) is 13.3 Å². The standard InChI is InChI=1S/C8H17NO4/c1-2-3-4-11-5-6-12-8(10)7-13-9/h2-7,9H2,1H3. The zero-order valence-electron chi connectivity index (χ0n) is 7.95. The molecule has 0 saturated carbocycles. The zero-order valence-corrected chi connectivity index (χ0v) is 7.95. The van der Waals surface area contributed by atoms with Crippen molar-refractivity contribution >= 4 is 5.97 Å². The Hall–Kier alpha value is -0.650. The number of nitrogens with two attached hydrogens (primary N) is 1. The van der Waals surface area contributed by atoms with Crippen LogP contribution in [-0.2, 0) is 19.1 Å². The van der Waals surface area contributed by atoms with Gasteiger partial charge in [0.05, 0.1) is 6.61 Å². The smallest absolute Gasteiger partial charge is 0.334 e. The molecule has 0 aliphatic carbocycles. The first-order chi connectivity index (χ1) is 6.31. The highest BCUT2D eigenvalue weighted by Gasteiger charge is 2.00. The average Bonchev–Trinajstić information content (AvgIpc) is 2.11. The van der Waals surface area contributed by atoms with Crippen molar-refractivity contribution in [2.45, 2.75) is 19.8 Å². The minimum absolute atomic E-state index is 0.213. The number of carbonyl (C=O) groups is 1. The Morgan fingerprint density at radius 3 is 2.69 bits per heavy atom. The molecule has 0 radical (unpaired) electrons. The summed E-state index contributed by atoms with van der Waals surface area (Å²) in [7, 11) is 0. The molecule has 5 nitrogen and oxygen atoms in total. The molecule has 5 heteroatoms. The van der Waals surface area contributed by atoms with Crippen LogP contribution in [0.25, 0.3) is 0 Å². The van der Waals surface area contributed by atoms with Crippen molar-refractivity contribution in [3.63, 3.8) is 0 Å². The van der Waals surface area contributed by atoms with Crippen LogP contribution in [0.3, 0.4) is 0 Å². The molecule has 0 aliphatic heterocycles. The Kier molecular flexibility index (Phi) is 8.97. The van der Waals surface area contributed by atoms with Gasteiger partial charge < -0.3 is 9.47 Å². The van der Waals surface area contributed by atoms with E-state index < -0.39 is 5.97 Å². The molecule has 0 rings (SSSR count). The molecule has 0 saturated heterocycles. The van der Waals surface area contributed by atoms with Crippen molar-refractivity contribution < 1.29 is 19.1 Å². The van der Waals surface area contributed by atoms with Crippen LogP contribution in [0, 0.1) is 0 Å². The van der Waals surface area contributed by atoms with E-state index in [4.69, 9.17) is 9.47 Å². The van der Waals surface area contributed by atoms with Crippen molar-refractivity contribution in [3.05, 3.63) is 0 Å². The van der Waals surface area contributed by atoms with Crippen LogP contribution in [-0.4, -0.2) is 32.4 Å². The van der Waals surface area contributed by atoms with Gasteiger partial charge in [-0.05, 0) is 6.42 Å². The van der Waals surface area contributed by atoms with Crippen LogP contribution >= 0.6 is 0 Å². The molecule has 0 aromatic rings. The molecule has 0 atom stereocenters. The van der Waals surface area contributed by atoms with Crippen molar-refractivity contribution in [3.8, 4) is 0 Å². The number of rotatable bonds is 8. The first kappa shape index (κ1) is 12.3. The fourth-order valence-corrected chi connectivity index (χ4v) is 0.673. The highest BCUT2D eigenvalue weighted by molar-refractivity contribution is 5.70. The topological polar surface area (TPSA) is 70.8 Å². The Balaban J connectivity index is 3.02. The second kappa shape index (κ2) is 9.44. The summed E-state index contributed by atoms with van der Waals surface area (Å²) in [6.45, 7) is 3.26. The summed E-state index contributed by atoms with van der Waals surface area (Å²) in [4.78, 5) is 14.7. The minimum atomic E-state index is -0.471. The molecule has 0 amide bonds. The molecule has 0 aliphatic rings. The lowest BCUT2D eigenvalue weighted by Crippen LogP contribution is -2.17. The lowest BCUT2D eigenvalue weighted by atomic mass is 10.4. The molecular formula is C8H17NO4. The number of ether oxygens (including phenoxy) is 2. The van der Waals surface area contributed by atoms with Gasteiger partial charge in [0.25, 0.3) is 0 Å². The van der Waals surface area contributed by atoms with Gasteiger partial charge in [-0.15, -0.1) is 0 Å². The first-order valence-corrected chi connectivity index (χ1v) is 4.36.